The Morgan fingerprint density at radius 3 is 3.08 bits per heavy atom. The number of aryl methyl sites for hydroxylation is 1. The van der Waals surface area contributed by atoms with Gasteiger partial charge >= 0.3 is 0 Å². The Morgan fingerprint density at radius 1 is 1.50 bits per heavy atom. The molecule has 2 aromatic rings. The van der Waals surface area contributed by atoms with Crippen LogP contribution in [-0.4, -0.2) is 12.0 Å². The van der Waals surface area contributed by atoms with E-state index in [4.69, 9.17) is 0 Å². The van der Waals surface area contributed by atoms with Crippen molar-refractivity contribution in [2.45, 2.75) is 6.92 Å². The van der Waals surface area contributed by atoms with Crippen LogP contribution in [-0.2, 0) is 0 Å². The molecule has 0 fully saturated rings. The molecule has 0 aliphatic heterocycles. The van der Waals surface area contributed by atoms with Crippen molar-refractivity contribution in [2.75, 3.05) is 12.4 Å². The molecule has 0 unspecified atom stereocenters. The second-order valence-electron chi connectivity index (χ2n) is 2.71. The number of nitrogens with one attached hydrogen (secondary N) is 1. The Balaban J connectivity index is 2.73. The van der Waals surface area contributed by atoms with Crippen molar-refractivity contribution >= 4 is 27.4 Å². The lowest BCUT2D eigenvalue weighted by Gasteiger charge is -2.02. The maximum atomic E-state index is 4.45. The summed E-state index contributed by atoms with van der Waals surface area (Å²) in [6.07, 6.45) is 0. The quantitative estimate of drug-likeness (QED) is 0.726. The summed E-state index contributed by atoms with van der Waals surface area (Å²) < 4.78 is 1.26. The Kier molecular flexibility index (Phi) is 1.73. The maximum Gasteiger partial charge on any atom is 0.129 e. The highest BCUT2D eigenvalue weighted by molar-refractivity contribution is 7.17. The van der Waals surface area contributed by atoms with Gasteiger partial charge in [0.2, 0.25) is 0 Å². The van der Waals surface area contributed by atoms with Crippen LogP contribution in [0.2, 0.25) is 0 Å². The van der Waals surface area contributed by atoms with Gasteiger partial charge in [-0.1, -0.05) is 0 Å². The Morgan fingerprint density at radius 2 is 2.33 bits per heavy atom. The number of thiophene rings is 1. The van der Waals surface area contributed by atoms with Gasteiger partial charge < -0.3 is 5.32 Å². The minimum atomic E-state index is 0.973. The van der Waals surface area contributed by atoms with Crippen molar-refractivity contribution in [3.63, 3.8) is 0 Å². The van der Waals surface area contributed by atoms with E-state index in [0.29, 0.717) is 0 Å². The van der Waals surface area contributed by atoms with Gasteiger partial charge in [-0.3, -0.25) is 0 Å². The Hall–Kier alpha value is -1.09. The second kappa shape index (κ2) is 2.75. The molecule has 62 valence electrons. The van der Waals surface area contributed by atoms with Crippen LogP contribution in [0.4, 0.5) is 5.82 Å². The number of hydrogen-bond donors (Lipinski definition) is 1. The van der Waals surface area contributed by atoms with Crippen molar-refractivity contribution in [3.05, 3.63) is 23.1 Å². The Labute approximate surface area is 75.3 Å². The lowest BCUT2D eigenvalue weighted by molar-refractivity contribution is 1.29. The number of nitrogens with zero attached hydrogens (tertiary/aromatic N) is 1. The molecule has 0 aliphatic carbocycles. The molecule has 2 rings (SSSR count). The molecule has 0 bridgehead atoms. The van der Waals surface area contributed by atoms with Gasteiger partial charge in [0, 0.05) is 7.05 Å². The van der Waals surface area contributed by atoms with Gasteiger partial charge in [-0.2, -0.15) is 0 Å². The number of fused-ring (bicyclic) bond motifs is 1. The third-order valence-electron chi connectivity index (χ3n) is 1.86. The van der Waals surface area contributed by atoms with E-state index < -0.39 is 0 Å². The molecule has 2 heterocycles. The molecule has 0 saturated heterocycles. The van der Waals surface area contributed by atoms with E-state index in [1.807, 2.05) is 13.1 Å². The molecule has 12 heavy (non-hydrogen) atoms. The molecule has 0 aromatic carbocycles. The van der Waals surface area contributed by atoms with Gasteiger partial charge in [0.1, 0.15) is 5.82 Å². The third kappa shape index (κ3) is 1.06. The first-order chi connectivity index (χ1) is 5.81. The molecule has 0 amide bonds. The van der Waals surface area contributed by atoms with Crippen LogP contribution in [0, 0.1) is 6.92 Å². The van der Waals surface area contributed by atoms with Gasteiger partial charge in [0.05, 0.1) is 10.2 Å². The molecule has 2 nitrogen and oxygen atoms in total. The van der Waals surface area contributed by atoms with Crippen LogP contribution in [0.25, 0.3) is 10.2 Å². The lowest BCUT2D eigenvalue weighted by atomic mass is 10.2. The normalized spacial score (nSPS) is 10.5. The molecular formula is C9H10N2S. The second-order valence-corrected chi connectivity index (χ2v) is 3.66. The summed E-state index contributed by atoms with van der Waals surface area (Å²) in [5.41, 5.74) is 2.28. The van der Waals surface area contributed by atoms with Gasteiger partial charge in [0.15, 0.2) is 0 Å². The van der Waals surface area contributed by atoms with Gasteiger partial charge in [-0.05, 0) is 30.0 Å². The number of rotatable bonds is 1. The van der Waals surface area contributed by atoms with Crippen molar-refractivity contribution in [2.24, 2.45) is 0 Å². The number of hydrogen-bond acceptors (Lipinski definition) is 3. The van der Waals surface area contributed by atoms with E-state index in [1.54, 1.807) is 11.3 Å². The van der Waals surface area contributed by atoms with E-state index in [9.17, 15) is 0 Å². The summed E-state index contributed by atoms with van der Waals surface area (Å²) in [4.78, 5) is 4.45. The molecular weight excluding hydrogens is 168 g/mol. The summed E-state index contributed by atoms with van der Waals surface area (Å²) in [5, 5.41) is 5.14. The first kappa shape index (κ1) is 7.55. The zero-order chi connectivity index (χ0) is 8.55. The number of anilines is 1. The van der Waals surface area contributed by atoms with Gasteiger partial charge in [-0.15, -0.1) is 11.3 Å². The first-order valence-electron chi connectivity index (χ1n) is 3.84. The van der Waals surface area contributed by atoms with Crippen LogP contribution in [0.15, 0.2) is 17.5 Å². The molecule has 0 radical (unpaired) electrons. The first-order valence-corrected chi connectivity index (χ1v) is 4.72. The molecule has 3 heteroatoms. The minimum absolute atomic E-state index is 0.973. The summed E-state index contributed by atoms with van der Waals surface area (Å²) in [5.74, 6) is 0.973. The maximum absolute atomic E-state index is 4.45. The minimum Gasteiger partial charge on any atom is -0.373 e. The molecule has 1 N–H and O–H groups in total. The monoisotopic (exact) mass is 178 g/mol. The number of pyridine rings is 1. The fourth-order valence-corrected chi connectivity index (χ4v) is 2.06. The topological polar surface area (TPSA) is 24.9 Å². The number of aromatic nitrogens is 1. The van der Waals surface area contributed by atoms with Gasteiger partial charge in [0.25, 0.3) is 0 Å². The van der Waals surface area contributed by atoms with E-state index in [1.165, 1.54) is 10.3 Å². The van der Waals surface area contributed by atoms with E-state index in [0.717, 1.165) is 11.3 Å². The fourth-order valence-electron chi connectivity index (χ4n) is 1.24. The van der Waals surface area contributed by atoms with Crippen molar-refractivity contribution in [1.82, 2.24) is 4.98 Å². The SMILES string of the molecule is CNc1nc2ccsc2cc1C. The summed E-state index contributed by atoms with van der Waals surface area (Å²) in [6, 6.07) is 4.21. The van der Waals surface area contributed by atoms with E-state index in [2.05, 4.69) is 28.7 Å². The average Bonchev–Trinajstić information content (AvgIpc) is 2.49. The predicted molar refractivity (Wildman–Crippen MR) is 53.9 cm³/mol. The highest BCUT2D eigenvalue weighted by Gasteiger charge is 2.01. The molecule has 0 atom stereocenters. The third-order valence-corrected chi connectivity index (χ3v) is 2.72. The highest BCUT2D eigenvalue weighted by Crippen LogP contribution is 2.23. The van der Waals surface area contributed by atoms with Crippen molar-refractivity contribution in [3.8, 4) is 0 Å². The predicted octanol–water partition coefficient (Wildman–Crippen LogP) is 2.65. The smallest absolute Gasteiger partial charge is 0.129 e. The molecule has 0 saturated carbocycles. The molecule has 2 aromatic heterocycles. The van der Waals surface area contributed by atoms with Crippen LogP contribution < -0.4 is 5.32 Å². The van der Waals surface area contributed by atoms with Crippen molar-refractivity contribution in [1.29, 1.82) is 0 Å². The van der Waals surface area contributed by atoms with Crippen molar-refractivity contribution < 1.29 is 0 Å². The Bertz CT molecular complexity index is 406. The van der Waals surface area contributed by atoms with Crippen LogP contribution in [0.1, 0.15) is 5.56 Å². The van der Waals surface area contributed by atoms with E-state index in [-0.39, 0.29) is 0 Å². The largest absolute Gasteiger partial charge is 0.373 e. The van der Waals surface area contributed by atoms with E-state index >= 15 is 0 Å². The standard InChI is InChI=1S/C9H10N2S/c1-6-5-8-7(3-4-12-8)11-9(6)10-2/h3-5H,1-2H3,(H,10,11). The molecule has 0 aliphatic rings. The zero-order valence-corrected chi connectivity index (χ0v) is 7.90. The fraction of sp³-hybridized carbons (Fsp3) is 0.222. The van der Waals surface area contributed by atoms with Crippen LogP contribution >= 0.6 is 11.3 Å². The highest BCUT2D eigenvalue weighted by atomic mass is 32.1. The summed E-state index contributed by atoms with van der Waals surface area (Å²) in [7, 11) is 1.90. The summed E-state index contributed by atoms with van der Waals surface area (Å²) >= 11 is 1.73. The summed E-state index contributed by atoms with van der Waals surface area (Å²) in [6.45, 7) is 2.07. The lowest BCUT2D eigenvalue weighted by Crippen LogP contribution is -1.94. The zero-order valence-electron chi connectivity index (χ0n) is 7.09. The van der Waals surface area contributed by atoms with Crippen LogP contribution in [0.5, 0.6) is 0 Å². The molecule has 0 spiro atoms. The average molecular weight is 178 g/mol. The van der Waals surface area contributed by atoms with Gasteiger partial charge in [-0.25, -0.2) is 4.98 Å². The van der Waals surface area contributed by atoms with Crippen LogP contribution in [0.3, 0.4) is 0 Å².